The second-order valence-corrected chi connectivity index (χ2v) is 12.3. The van der Waals surface area contributed by atoms with Gasteiger partial charge in [0.05, 0.1) is 0 Å². The van der Waals surface area contributed by atoms with E-state index >= 15 is 0 Å². The number of nitrogens with zero attached hydrogens (tertiary/aromatic N) is 1. The molecule has 7 heteroatoms. The van der Waals surface area contributed by atoms with Crippen molar-refractivity contribution in [1.82, 2.24) is 10.2 Å². The van der Waals surface area contributed by atoms with Gasteiger partial charge in [0.15, 0.2) is 0 Å². The molecule has 0 aliphatic rings. The van der Waals surface area contributed by atoms with Gasteiger partial charge in [0.25, 0.3) is 5.91 Å². The first-order valence-corrected chi connectivity index (χ1v) is 13.3. The number of anilines is 1. The zero-order chi connectivity index (χ0) is 28.8. The molecule has 2 aromatic rings. The minimum atomic E-state index is -0.933. The third-order valence-electron chi connectivity index (χ3n) is 6.01. The molecule has 0 saturated carbocycles. The van der Waals surface area contributed by atoms with Gasteiger partial charge in [-0.2, -0.15) is 0 Å². The minimum absolute atomic E-state index is 0.110. The smallest absolute Gasteiger partial charge is 0.408 e. The van der Waals surface area contributed by atoms with E-state index in [0.29, 0.717) is 12.0 Å². The van der Waals surface area contributed by atoms with Crippen molar-refractivity contribution in [3.05, 3.63) is 65.2 Å². The summed E-state index contributed by atoms with van der Waals surface area (Å²) in [5.41, 5.74) is 1.81. The molecule has 0 aliphatic carbocycles. The summed E-state index contributed by atoms with van der Waals surface area (Å²) in [7, 11) is 0. The Balaban J connectivity index is 2.58. The van der Waals surface area contributed by atoms with Gasteiger partial charge in [-0.05, 0) is 84.4 Å². The van der Waals surface area contributed by atoms with E-state index in [4.69, 9.17) is 4.74 Å². The molecule has 7 nitrogen and oxygen atoms in total. The Hall–Kier alpha value is -3.35. The lowest BCUT2D eigenvalue weighted by Gasteiger charge is -2.43. The normalized spacial score (nSPS) is 13.4. The summed E-state index contributed by atoms with van der Waals surface area (Å²) >= 11 is 0. The number of rotatable bonds is 8. The number of benzene rings is 2. The maximum Gasteiger partial charge on any atom is 0.408 e. The highest BCUT2D eigenvalue weighted by atomic mass is 16.6. The standard InChI is InChI=1S/C31H45N3O4/c1-20(2)19-24(32-29(37)38-31(8,9)10)28(36)34(30(5,6)7)26(23-17-12-11-13-18-23)27(35)33-25-21(3)15-14-16-22(25)4/h11-18,20,24,26H,19H2,1-10H3,(H,32,37)(H,33,35). The highest BCUT2D eigenvalue weighted by Gasteiger charge is 2.42. The Bertz CT molecular complexity index is 1090. The number of carbonyl (C=O) groups excluding carboxylic acids is 3. The van der Waals surface area contributed by atoms with E-state index in [0.717, 1.165) is 16.8 Å². The van der Waals surface area contributed by atoms with Crippen molar-refractivity contribution < 1.29 is 19.1 Å². The molecule has 0 saturated heterocycles. The van der Waals surface area contributed by atoms with Crippen molar-refractivity contribution in [2.75, 3.05) is 5.32 Å². The number of nitrogens with one attached hydrogen (secondary N) is 2. The molecule has 0 aromatic heterocycles. The Morgan fingerprint density at radius 3 is 1.89 bits per heavy atom. The van der Waals surface area contributed by atoms with Crippen LogP contribution in [0.5, 0.6) is 0 Å². The fourth-order valence-electron chi connectivity index (χ4n) is 4.41. The number of amides is 3. The van der Waals surface area contributed by atoms with Crippen molar-refractivity contribution in [2.45, 2.75) is 98.9 Å². The fraction of sp³-hybridized carbons (Fsp3) is 0.516. The minimum Gasteiger partial charge on any atom is -0.444 e. The van der Waals surface area contributed by atoms with Crippen LogP contribution in [0.4, 0.5) is 10.5 Å². The highest BCUT2D eigenvalue weighted by molar-refractivity contribution is 6.00. The summed E-state index contributed by atoms with van der Waals surface area (Å²) < 4.78 is 5.46. The van der Waals surface area contributed by atoms with Crippen LogP contribution in [-0.2, 0) is 14.3 Å². The van der Waals surface area contributed by atoms with Crippen LogP contribution in [0.3, 0.4) is 0 Å². The molecule has 0 bridgehead atoms. The number of hydrogen-bond donors (Lipinski definition) is 2. The van der Waals surface area contributed by atoms with E-state index in [-0.39, 0.29) is 17.7 Å². The van der Waals surface area contributed by atoms with Crippen LogP contribution >= 0.6 is 0 Å². The molecular formula is C31H45N3O4. The van der Waals surface area contributed by atoms with Gasteiger partial charge in [-0.15, -0.1) is 0 Å². The summed E-state index contributed by atoms with van der Waals surface area (Å²) in [6.07, 6.45) is -0.272. The second-order valence-electron chi connectivity index (χ2n) is 12.3. The SMILES string of the molecule is Cc1cccc(C)c1NC(=O)C(c1ccccc1)N(C(=O)C(CC(C)C)NC(=O)OC(C)(C)C)C(C)(C)C. The molecule has 208 valence electrons. The van der Waals surface area contributed by atoms with Crippen molar-refractivity contribution in [3.63, 3.8) is 0 Å². The highest BCUT2D eigenvalue weighted by Crippen LogP contribution is 2.32. The van der Waals surface area contributed by atoms with Crippen LogP contribution in [0.15, 0.2) is 48.5 Å². The number of hydrogen-bond acceptors (Lipinski definition) is 4. The van der Waals surface area contributed by atoms with Crippen molar-refractivity contribution in [2.24, 2.45) is 5.92 Å². The zero-order valence-corrected chi connectivity index (χ0v) is 24.6. The van der Waals surface area contributed by atoms with Crippen molar-refractivity contribution >= 4 is 23.6 Å². The average Bonchev–Trinajstić information content (AvgIpc) is 2.77. The molecule has 2 aromatic carbocycles. The van der Waals surface area contributed by atoms with E-state index in [1.165, 1.54) is 0 Å². The number of alkyl carbamates (subject to hydrolysis) is 1. The van der Waals surface area contributed by atoms with Gasteiger partial charge in [0, 0.05) is 11.2 Å². The van der Waals surface area contributed by atoms with Gasteiger partial charge in [0.2, 0.25) is 5.91 Å². The summed E-state index contributed by atoms with van der Waals surface area (Å²) in [4.78, 5) is 42.7. The van der Waals surface area contributed by atoms with Gasteiger partial charge < -0.3 is 20.3 Å². The van der Waals surface area contributed by atoms with Crippen molar-refractivity contribution in [3.8, 4) is 0 Å². The van der Waals surface area contributed by atoms with Gasteiger partial charge >= 0.3 is 6.09 Å². The van der Waals surface area contributed by atoms with Gasteiger partial charge in [-0.3, -0.25) is 9.59 Å². The van der Waals surface area contributed by atoms with E-state index in [9.17, 15) is 14.4 Å². The molecule has 3 amide bonds. The Labute approximate surface area is 228 Å². The number of para-hydroxylation sites is 1. The van der Waals surface area contributed by atoms with E-state index in [1.54, 1.807) is 25.7 Å². The number of aryl methyl sites for hydroxylation is 2. The van der Waals surface area contributed by atoms with Gasteiger partial charge in [-0.1, -0.05) is 62.4 Å². The predicted molar refractivity (Wildman–Crippen MR) is 153 cm³/mol. The molecule has 2 N–H and O–H groups in total. The first kappa shape index (κ1) is 30.9. The second kappa shape index (κ2) is 12.5. The molecule has 0 aliphatic heterocycles. The fourth-order valence-corrected chi connectivity index (χ4v) is 4.41. The maximum absolute atomic E-state index is 14.3. The Morgan fingerprint density at radius 1 is 0.868 bits per heavy atom. The average molecular weight is 524 g/mol. The van der Waals surface area contributed by atoms with E-state index < -0.39 is 29.3 Å². The summed E-state index contributed by atoms with van der Waals surface area (Å²) in [6.45, 7) is 18.9. The predicted octanol–water partition coefficient (Wildman–Crippen LogP) is 6.55. The summed E-state index contributed by atoms with van der Waals surface area (Å²) in [5.74, 6) is -0.556. The molecule has 0 spiro atoms. The van der Waals surface area contributed by atoms with Crippen LogP contribution in [0.2, 0.25) is 0 Å². The maximum atomic E-state index is 14.3. The van der Waals surface area contributed by atoms with E-state index in [2.05, 4.69) is 10.6 Å². The molecule has 0 heterocycles. The third-order valence-corrected chi connectivity index (χ3v) is 6.01. The zero-order valence-electron chi connectivity index (χ0n) is 24.6. The quantitative estimate of drug-likeness (QED) is 0.411. The lowest BCUT2D eigenvalue weighted by atomic mass is 9.93. The molecule has 2 atom stereocenters. The topological polar surface area (TPSA) is 87.7 Å². The lowest BCUT2D eigenvalue weighted by molar-refractivity contribution is -0.147. The van der Waals surface area contributed by atoms with Gasteiger partial charge in [0.1, 0.15) is 17.7 Å². The molecule has 0 fully saturated rings. The molecule has 38 heavy (non-hydrogen) atoms. The summed E-state index contributed by atoms with van der Waals surface area (Å²) in [6, 6.07) is 13.3. The number of ether oxygens (including phenoxy) is 1. The van der Waals surface area contributed by atoms with Crippen LogP contribution in [-0.4, -0.2) is 40.0 Å². The Kier molecular flexibility index (Phi) is 10.1. The Morgan fingerprint density at radius 2 is 1.42 bits per heavy atom. The largest absolute Gasteiger partial charge is 0.444 e. The molecule has 2 rings (SSSR count). The van der Waals surface area contributed by atoms with Gasteiger partial charge in [-0.25, -0.2) is 4.79 Å². The van der Waals surface area contributed by atoms with Crippen LogP contribution < -0.4 is 10.6 Å². The first-order valence-electron chi connectivity index (χ1n) is 13.3. The van der Waals surface area contributed by atoms with Crippen molar-refractivity contribution in [1.29, 1.82) is 0 Å². The number of carbonyl (C=O) groups is 3. The van der Waals surface area contributed by atoms with Crippen LogP contribution in [0.1, 0.15) is 84.5 Å². The molecule has 2 unspecified atom stereocenters. The third kappa shape index (κ3) is 8.61. The van der Waals surface area contributed by atoms with Crippen LogP contribution in [0, 0.1) is 19.8 Å². The lowest BCUT2D eigenvalue weighted by Crippen LogP contribution is -2.58. The monoisotopic (exact) mass is 523 g/mol. The summed E-state index contributed by atoms with van der Waals surface area (Å²) in [5, 5.41) is 5.88. The first-order chi connectivity index (χ1) is 17.5. The molecule has 0 radical (unpaired) electrons. The molecular weight excluding hydrogens is 478 g/mol. The van der Waals surface area contributed by atoms with E-state index in [1.807, 2.05) is 97.0 Å². The van der Waals surface area contributed by atoms with Crippen LogP contribution in [0.25, 0.3) is 0 Å².